The van der Waals surface area contributed by atoms with Crippen molar-refractivity contribution in [2.45, 2.75) is 44.1 Å². The molecule has 2 aliphatic rings. The number of ether oxygens (including phenoxy) is 1. The molecular formula is C26H30N2O4. The molecule has 1 N–H and O–H groups in total. The van der Waals surface area contributed by atoms with Gasteiger partial charge in [0.05, 0.1) is 12.7 Å². The number of hydrogen-bond acceptors (Lipinski definition) is 6. The predicted octanol–water partition coefficient (Wildman–Crippen LogP) is 4.05. The van der Waals surface area contributed by atoms with Crippen LogP contribution in [0.5, 0.6) is 5.75 Å². The molecule has 0 spiro atoms. The fourth-order valence-electron chi connectivity index (χ4n) is 5.15. The number of nitrogens with one attached hydrogen (secondary N) is 1. The Bertz CT molecular complexity index is 1150. The molecule has 1 aliphatic heterocycles. The molecule has 2 fully saturated rings. The van der Waals surface area contributed by atoms with Crippen LogP contribution >= 0.6 is 0 Å². The maximum Gasteiger partial charge on any atom is 0.147 e. The van der Waals surface area contributed by atoms with Crippen molar-refractivity contribution in [1.82, 2.24) is 10.2 Å². The Morgan fingerprint density at radius 3 is 2.78 bits per heavy atom. The van der Waals surface area contributed by atoms with E-state index in [0.717, 1.165) is 52.7 Å². The zero-order valence-electron chi connectivity index (χ0n) is 18.6. The second-order valence-corrected chi connectivity index (χ2v) is 9.10. The summed E-state index contributed by atoms with van der Waals surface area (Å²) >= 11 is 0. The lowest BCUT2D eigenvalue weighted by atomic mass is 9.81. The largest absolute Gasteiger partial charge is 0.492 e. The molecule has 0 radical (unpaired) electrons. The summed E-state index contributed by atoms with van der Waals surface area (Å²) in [5, 5.41) is 6.50. The van der Waals surface area contributed by atoms with Crippen LogP contribution in [0.1, 0.15) is 43.6 Å². The summed E-state index contributed by atoms with van der Waals surface area (Å²) in [7, 11) is 2.18. The first-order valence-corrected chi connectivity index (χ1v) is 11.6. The van der Waals surface area contributed by atoms with Crippen molar-refractivity contribution >= 4 is 33.3 Å². The van der Waals surface area contributed by atoms with Gasteiger partial charge < -0.3 is 14.5 Å². The Balaban J connectivity index is 1.34. The van der Waals surface area contributed by atoms with Crippen molar-refractivity contribution in [1.29, 1.82) is 0 Å². The van der Waals surface area contributed by atoms with Gasteiger partial charge in [-0.15, -0.1) is 0 Å². The van der Waals surface area contributed by atoms with E-state index in [-0.39, 0.29) is 23.9 Å². The van der Waals surface area contributed by atoms with Gasteiger partial charge in [-0.05, 0) is 74.4 Å². The van der Waals surface area contributed by atoms with E-state index in [1.54, 1.807) is 6.26 Å². The number of rotatable bonds is 6. The van der Waals surface area contributed by atoms with E-state index in [0.29, 0.717) is 25.5 Å². The van der Waals surface area contributed by atoms with Crippen molar-refractivity contribution in [2.75, 3.05) is 33.3 Å². The molecule has 1 aromatic heterocycles. The van der Waals surface area contributed by atoms with E-state index >= 15 is 0 Å². The van der Waals surface area contributed by atoms with Crippen LogP contribution < -0.4 is 10.1 Å². The fourth-order valence-corrected chi connectivity index (χ4v) is 5.15. The van der Waals surface area contributed by atoms with Gasteiger partial charge in [-0.25, -0.2) is 0 Å². The van der Waals surface area contributed by atoms with Crippen molar-refractivity contribution < 1.29 is 18.7 Å². The SMILES string of the molecule is CN(CCOc1ccc2c(ccc3occ([C@H]4CCC(=O)CC4=O)c32)c1)C1CCNCC1. The molecule has 1 aliphatic carbocycles. The third kappa shape index (κ3) is 4.17. The van der Waals surface area contributed by atoms with Crippen LogP contribution in [0.25, 0.3) is 21.7 Å². The average Bonchev–Trinajstić information content (AvgIpc) is 3.24. The summed E-state index contributed by atoms with van der Waals surface area (Å²) in [6, 6.07) is 10.7. The quantitative estimate of drug-likeness (QED) is 0.590. The second kappa shape index (κ2) is 9.04. The Morgan fingerprint density at radius 2 is 1.97 bits per heavy atom. The van der Waals surface area contributed by atoms with E-state index in [2.05, 4.69) is 29.4 Å². The second-order valence-electron chi connectivity index (χ2n) is 9.10. The van der Waals surface area contributed by atoms with Crippen LogP contribution in [0.2, 0.25) is 0 Å². The monoisotopic (exact) mass is 434 g/mol. The number of carbonyl (C=O) groups is 2. The van der Waals surface area contributed by atoms with Gasteiger partial charge in [0.1, 0.15) is 29.5 Å². The topological polar surface area (TPSA) is 71.8 Å². The normalized spacial score (nSPS) is 20.5. The standard InChI is InChI=1S/C26H30N2O4/c1-28(18-8-10-27-11-9-18)12-13-31-20-4-6-21-17(14-20)2-7-25-26(21)23(16-32-25)22-5-3-19(29)15-24(22)30/h2,4,6-7,14,16,18,22,27H,3,5,8-13,15H2,1H3/t22-/m1/s1. The van der Waals surface area contributed by atoms with Gasteiger partial charge in [0.15, 0.2) is 0 Å². The predicted molar refractivity (Wildman–Crippen MR) is 124 cm³/mol. The van der Waals surface area contributed by atoms with E-state index in [1.807, 2.05) is 18.2 Å². The number of Topliss-reactive ketones (excluding diaryl/α,β-unsaturated/α-hetero) is 2. The minimum Gasteiger partial charge on any atom is -0.492 e. The van der Waals surface area contributed by atoms with E-state index in [9.17, 15) is 9.59 Å². The number of likely N-dealkylation sites (N-methyl/N-ethyl adjacent to an activating group) is 1. The molecule has 5 rings (SSSR count). The first-order valence-electron chi connectivity index (χ1n) is 11.6. The van der Waals surface area contributed by atoms with Gasteiger partial charge >= 0.3 is 0 Å². The highest BCUT2D eigenvalue weighted by Crippen LogP contribution is 2.38. The lowest BCUT2D eigenvalue weighted by Gasteiger charge is -2.31. The van der Waals surface area contributed by atoms with Gasteiger partial charge in [-0.1, -0.05) is 6.07 Å². The summed E-state index contributed by atoms with van der Waals surface area (Å²) in [6.07, 6.45) is 5.13. The van der Waals surface area contributed by atoms with E-state index in [1.165, 1.54) is 12.8 Å². The molecule has 0 unspecified atom stereocenters. The molecule has 6 heteroatoms. The minimum absolute atomic E-state index is 0.00114. The summed E-state index contributed by atoms with van der Waals surface area (Å²) < 4.78 is 11.9. The van der Waals surface area contributed by atoms with Crippen molar-refractivity contribution in [3.63, 3.8) is 0 Å². The summed E-state index contributed by atoms with van der Waals surface area (Å²) in [4.78, 5) is 26.6. The van der Waals surface area contributed by atoms with Crippen LogP contribution in [0, 0.1) is 0 Å². The van der Waals surface area contributed by atoms with Gasteiger partial charge in [-0.2, -0.15) is 0 Å². The van der Waals surface area contributed by atoms with Crippen LogP contribution in [0.3, 0.4) is 0 Å². The third-order valence-electron chi connectivity index (χ3n) is 7.05. The fraction of sp³-hybridized carbons (Fsp3) is 0.462. The van der Waals surface area contributed by atoms with Crippen molar-refractivity contribution in [3.05, 3.63) is 42.2 Å². The molecule has 1 saturated carbocycles. The molecule has 0 amide bonds. The molecule has 2 aromatic carbocycles. The highest BCUT2D eigenvalue weighted by Gasteiger charge is 2.31. The Labute approximate surface area is 187 Å². The highest BCUT2D eigenvalue weighted by atomic mass is 16.5. The van der Waals surface area contributed by atoms with Crippen LogP contribution in [-0.2, 0) is 9.59 Å². The Hall–Kier alpha value is -2.70. The molecule has 168 valence electrons. The lowest BCUT2D eigenvalue weighted by Crippen LogP contribution is -2.42. The summed E-state index contributed by atoms with van der Waals surface area (Å²) in [5.74, 6) is 0.621. The average molecular weight is 435 g/mol. The smallest absolute Gasteiger partial charge is 0.147 e. The molecule has 2 heterocycles. The van der Waals surface area contributed by atoms with Crippen LogP contribution in [-0.4, -0.2) is 55.8 Å². The molecule has 3 aromatic rings. The maximum absolute atomic E-state index is 12.5. The van der Waals surface area contributed by atoms with Gasteiger partial charge in [0, 0.05) is 35.9 Å². The molecule has 32 heavy (non-hydrogen) atoms. The Kier molecular flexibility index (Phi) is 5.98. The highest BCUT2D eigenvalue weighted by molar-refractivity contribution is 6.11. The van der Waals surface area contributed by atoms with Crippen LogP contribution in [0.4, 0.5) is 0 Å². The van der Waals surface area contributed by atoms with Gasteiger partial charge in [-0.3, -0.25) is 14.5 Å². The molecule has 1 atom stereocenters. The number of carbonyl (C=O) groups excluding carboxylic acids is 2. The maximum atomic E-state index is 12.5. The summed E-state index contributed by atoms with van der Waals surface area (Å²) in [5.41, 5.74) is 1.68. The minimum atomic E-state index is -0.263. The first kappa shape index (κ1) is 21.2. The molecule has 0 bridgehead atoms. The van der Waals surface area contributed by atoms with Crippen LogP contribution in [0.15, 0.2) is 41.0 Å². The van der Waals surface area contributed by atoms with E-state index < -0.39 is 0 Å². The molecule has 6 nitrogen and oxygen atoms in total. The summed E-state index contributed by atoms with van der Waals surface area (Å²) in [6.45, 7) is 3.73. The number of ketones is 2. The number of furan rings is 1. The number of fused-ring (bicyclic) bond motifs is 3. The number of hydrogen-bond donors (Lipinski definition) is 1. The molecule has 1 saturated heterocycles. The molecular weight excluding hydrogens is 404 g/mol. The van der Waals surface area contributed by atoms with E-state index in [4.69, 9.17) is 9.15 Å². The zero-order chi connectivity index (χ0) is 22.1. The number of piperidine rings is 1. The third-order valence-corrected chi connectivity index (χ3v) is 7.05. The van der Waals surface area contributed by atoms with Gasteiger partial charge in [0.2, 0.25) is 0 Å². The van der Waals surface area contributed by atoms with Crippen molar-refractivity contribution in [3.8, 4) is 5.75 Å². The first-order chi connectivity index (χ1) is 15.6. The number of nitrogens with zero attached hydrogens (tertiary/aromatic N) is 1. The zero-order valence-corrected chi connectivity index (χ0v) is 18.6. The lowest BCUT2D eigenvalue weighted by molar-refractivity contribution is -0.130. The number of benzene rings is 2. The van der Waals surface area contributed by atoms with Crippen molar-refractivity contribution in [2.24, 2.45) is 0 Å². The Morgan fingerprint density at radius 1 is 1.12 bits per heavy atom. The van der Waals surface area contributed by atoms with Gasteiger partial charge in [0.25, 0.3) is 0 Å².